The molecule has 1 atom stereocenters. The van der Waals surface area contributed by atoms with Crippen LogP contribution in [0.2, 0.25) is 0 Å². The van der Waals surface area contributed by atoms with Gasteiger partial charge in [0.15, 0.2) is 0 Å². The second-order valence-corrected chi connectivity index (χ2v) is 4.77. The van der Waals surface area contributed by atoms with Crippen LogP contribution in [0.5, 0.6) is 0 Å². The van der Waals surface area contributed by atoms with Crippen molar-refractivity contribution in [2.45, 2.75) is 19.4 Å². The molecule has 1 aromatic carbocycles. The van der Waals surface area contributed by atoms with Crippen LogP contribution >= 0.6 is 0 Å². The first-order valence-corrected chi connectivity index (χ1v) is 6.54. The summed E-state index contributed by atoms with van der Waals surface area (Å²) in [6.07, 6.45) is 4.76. The molecule has 2 aromatic rings. The highest BCUT2D eigenvalue weighted by Gasteiger charge is 2.06. The van der Waals surface area contributed by atoms with Crippen molar-refractivity contribution in [1.29, 1.82) is 0 Å². The SMILES string of the molecule is COCC[C@H](C)Nc1cccc(-c2nccn2C)c1. The van der Waals surface area contributed by atoms with Gasteiger partial charge in [-0.05, 0) is 25.5 Å². The summed E-state index contributed by atoms with van der Waals surface area (Å²) < 4.78 is 7.12. The zero-order valence-electron chi connectivity index (χ0n) is 11.8. The van der Waals surface area contributed by atoms with Gasteiger partial charge in [-0.25, -0.2) is 4.98 Å². The summed E-state index contributed by atoms with van der Waals surface area (Å²) in [6.45, 7) is 2.93. The van der Waals surface area contributed by atoms with E-state index in [1.165, 1.54) is 0 Å². The predicted octanol–water partition coefficient (Wildman–Crippen LogP) is 2.92. The van der Waals surface area contributed by atoms with Crippen molar-refractivity contribution >= 4 is 5.69 Å². The van der Waals surface area contributed by atoms with Gasteiger partial charge in [-0.3, -0.25) is 0 Å². The minimum atomic E-state index is 0.386. The van der Waals surface area contributed by atoms with Crippen molar-refractivity contribution in [3.63, 3.8) is 0 Å². The van der Waals surface area contributed by atoms with E-state index in [1.54, 1.807) is 7.11 Å². The van der Waals surface area contributed by atoms with Crippen LogP contribution in [0.3, 0.4) is 0 Å². The van der Waals surface area contributed by atoms with Crippen molar-refractivity contribution in [2.75, 3.05) is 19.0 Å². The van der Waals surface area contributed by atoms with Crippen LogP contribution < -0.4 is 5.32 Å². The quantitative estimate of drug-likeness (QED) is 0.867. The molecule has 0 saturated heterocycles. The lowest BCUT2D eigenvalue weighted by Crippen LogP contribution is -2.17. The monoisotopic (exact) mass is 259 g/mol. The Hall–Kier alpha value is -1.81. The summed E-state index contributed by atoms with van der Waals surface area (Å²) in [6, 6.07) is 8.72. The number of imidazole rings is 1. The van der Waals surface area contributed by atoms with E-state index in [9.17, 15) is 0 Å². The van der Waals surface area contributed by atoms with Crippen molar-refractivity contribution in [3.05, 3.63) is 36.7 Å². The van der Waals surface area contributed by atoms with Gasteiger partial charge >= 0.3 is 0 Å². The molecule has 0 aliphatic carbocycles. The first-order chi connectivity index (χ1) is 9.20. The van der Waals surface area contributed by atoms with Gasteiger partial charge in [-0.2, -0.15) is 0 Å². The zero-order chi connectivity index (χ0) is 13.7. The summed E-state index contributed by atoms with van der Waals surface area (Å²) in [5.41, 5.74) is 2.24. The Morgan fingerprint density at radius 2 is 2.26 bits per heavy atom. The second-order valence-electron chi connectivity index (χ2n) is 4.77. The maximum Gasteiger partial charge on any atom is 0.139 e. The Balaban J connectivity index is 2.09. The van der Waals surface area contributed by atoms with E-state index < -0.39 is 0 Å². The smallest absolute Gasteiger partial charge is 0.139 e. The number of anilines is 1. The molecule has 0 aliphatic heterocycles. The molecule has 0 unspecified atom stereocenters. The lowest BCUT2D eigenvalue weighted by molar-refractivity contribution is 0.191. The molecule has 1 N–H and O–H groups in total. The minimum Gasteiger partial charge on any atom is -0.385 e. The first kappa shape index (κ1) is 13.6. The van der Waals surface area contributed by atoms with E-state index in [2.05, 4.69) is 41.5 Å². The van der Waals surface area contributed by atoms with Gasteiger partial charge < -0.3 is 14.6 Å². The summed E-state index contributed by atoms with van der Waals surface area (Å²) in [4.78, 5) is 4.37. The number of hydrogen-bond donors (Lipinski definition) is 1. The number of aryl methyl sites for hydroxylation is 1. The fraction of sp³-hybridized carbons (Fsp3) is 0.400. The molecular formula is C15H21N3O. The van der Waals surface area contributed by atoms with Crippen LogP contribution in [-0.2, 0) is 11.8 Å². The normalized spacial score (nSPS) is 12.4. The molecule has 1 heterocycles. The Bertz CT molecular complexity index is 522. The number of methoxy groups -OCH3 is 1. The van der Waals surface area contributed by atoms with Crippen molar-refractivity contribution in [1.82, 2.24) is 9.55 Å². The maximum absolute atomic E-state index is 5.10. The van der Waals surface area contributed by atoms with Crippen LogP contribution in [-0.4, -0.2) is 29.3 Å². The lowest BCUT2D eigenvalue weighted by atomic mass is 10.1. The number of hydrogen-bond acceptors (Lipinski definition) is 3. The van der Waals surface area contributed by atoms with Crippen molar-refractivity contribution in [2.24, 2.45) is 7.05 Å². The van der Waals surface area contributed by atoms with Crippen molar-refractivity contribution < 1.29 is 4.74 Å². The molecule has 1 aromatic heterocycles. The van der Waals surface area contributed by atoms with E-state index in [0.29, 0.717) is 6.04 Å². The van der Waals surface area contributed by atoms with Gasteiger partial charge in [-0.15, -0.1) is 0 Å². The van der Waals surface area contributed by atoms with Gasteiger partial charge in [0.1, 0.15) is 5.82 Å². The number of nitrogens with one attached hydrogen (secondary N) is 1. The zero-order valence-corrected chi connectivity index (χ0v) is 11.8. The Morgan fingerprint density at radius 3 is 2.95 bits per heavy atom. The number of aromatic nitrogens is 2. The fourth-order valence-corrected chi connectivity index (χ4v) is 2.04. The summed E-state index contributed by atoms with van der Waals surface area (Å²) in [5, 5.41) is 3.48. The fourth-order valence-electron chi connectivity index (χ4n) is 2.04. The van der Waals surface area contributed by atoms with Crippen LogP contribution in [0.1, 0.15) is 13.3 Å². The molecule has 19 heavy (non-hydrogen) atoms. The predicted molar refractivity (Wildman–Crippen MR) is 78.2 cm³/mol. The Morgan fingerprint density at radius 1 is 1.42 bits per heavy atom. The van der Waals surface area contributed by atoms with Crippen LogP contribution in [0, 0.1) is 0 Å². The van der Waals surface area contributed by atoms with Gasteiger partial charge in [0, 0.05) is 50.5 Å². The molecule has 0 radical (unpaired) electrons. The third kappa shape index (κ3) is 3.58. The largest absolute Gasteiger partial charge is 0.385 e. The maximum atomic E-state index is 5.10. The number of benzene rings is 1. The van der Waals surface area contributed by atoms with E-state index in [1.807, 2.05) is 24.0 Å². The van der Waals surface area contributed by atoms with Gasteiger partial charge in [0.2, 0.25) is 0 Å². The highest BCUT2D eigenvalue weighted by atomic mass is 16.5. The molecule has 4 heteroatoms. The average Bonchev–Trinajstić information content (AvgIpc) is 2.83. The third-order valence-electron chi connectivity index (χ3n) is 3.11. The second kappa shape index (κ2) is 6.38. The molecular weight excluding hydrogens is 238 g/mol. The Labute approximate surface area is 114 Å². The Kier molecular flexibility index (Phi) is 4.58. The highest BCUT2D eigenvalue weighted by Crippen LogP contribution is 2.21. The molecule has 2 rings (SSSR count). The van der Waals surface area contributed by atoms with Crippen LogP contribution in [0.25, 0.3) is 11.4 Å². The average molecular weight is 259 g/mol. The van der Waals surface area contributed by atoms with Gasteiger partial charge in [0.25, 0.3) is 0 Å². The number of ether oxygens (including phenoxy) is 1. The van der Waals surface area contributed by atoms with E-state index in [4.69, 9.17) is 4.74 Å². The lowest BCUT2D eigenvalue weighted by Gasteiger charge is -2.15. The number of nitrogens with zero attached hydrogens (tertiary/aromatic N) is 2. The first-order valence-electron chi connectivity index (χ1n) is 6.54. The summed E-state index contributed by atoms with van der Waals surface area (Å²) in [7, 11) is 3.73. The standard InChI is InChI=1S/C15H21N3O/c1-12(7-10-19-3)17-14-6-4-5-13(11-14)15-16-8-9-18(15)2/h4-6,8-9,11-12,17H,7,10H2,1-3H3/t12-/m0/s1. The molecule has 0 bridgehead atoms. The van der Waals surface area contributed by atoms with Gasteiger partial charge in [-0.1, -0.05) is 12.1 Å². The summed E-state index contributed by atoms with van der Waals surface area (Å²) in [5.74, 6) is 0.980. The molecule has 0 aliphatic rings. The minimum absolute atomic E-state index is 0.386. The van der Waals surface area contributed by atoms with Crippen LogP contribution in [0.15, 0.2) is 36.7 Å². The summed E-state index contributed by atoms with van der Waals surface area (Å²) >= 11 is 0. The highest BCUT2D eigenvalue weighted by molar-refractivity contribution is 5.62. The van der Waals surface area contributed by atoms with Gasteiger partial charge in [0.05, 0.1) is 0 Å². The van der Waals surface area contributed by atoms with E-state index >= 15 is 0 Å². The molecule has 4 nitrogen and oxygen atoms in total. The third-order valence-corrected chi connectivity index (χ3v) is 3.11. The molecule has 0 fully saturated rings. The molecule has 0 amide bonds. The van der Waals surface area contributed by atoms with E-state index in [0.717, 1.165) is 30.1 Å². The van der Waals surface area contributed by atoms with Crippen molar-refractivity contribution in [3.8, 4) is 11.4 Å². The van der Waals surface area contributed by atoms with Crippen LogP contribution in [0.4, 0.5) is 5.69 Å². The topological polar surface area (TPSA) is 39.1 Å². The molecule has 0 saturated carbocycles. The molecule has 102 valence electrons. The number of rotatable bonds is 6. The van der Waals surface area contributed by atoms with E-state index in [-0.39, 0.29) is 0 Å². The molecule has 0 spiro atoms.